The second-order valence-corrected chi connectivity index (χ2v) is 7.54. The smallest absolute Gasteiger partial charge is 0.191 e. The summed E-state index contributed by atoms with van der Waals surface area (Å²) in [7, 11) is 1.78. The molecule has 0 aromatic heterocycles. The standard InChI is InChI=1S/C24H33N3O3.HI/c1-19-7-5-9-22(15-19)30-23-10-4-3-8-21(23)16-27-24(25-2)26-12-6-13-28-17-20-11-14-29-18-20;/h3-5,7-10,15,20H,6,11-14,16-18H2,1-2H3,(H2,25,26,27);1H. The fourth-order valence-corrected chi connectivity index (χ4v) is 3.30. The molecule has 0 radical (unpaired) electrons. The zero-order valence-corrected chi connectivity index (χ0v) is 20.8. The molecule has 0 spiro atoms. The molecular weight excluding hydrogens is 505 g/mol. The summed E-state index contributed by atoms with van der Waals surface area (Å²) in [6.45, 7) is 6.74. The molecule has 6 nitrogen and oxygen atoms in total. The van der Waals surface area contributed by atoms with Gasteiger partial charge in [0.05, 0.1) is 13.2 Å². The van der Waals surface area contributed by atoms with Crippen molar-refractivity contribution in [3.63, 3.8) is 0 Å². The Morgan fingerprint density at radius 2 is 2.03 bits per heavy atom. The number of para-hydroxylation sites is 1. The van der Waals surface area contributed by atoms with Gasteiger partial charge in [-0.25, -0.2) is 0 Å². The topological polar surface area (TPSA) is 64.1 Å². The Kier molecular flexibility index (Phi) is 11.7. The van der Waals surface area contributed by atoms with Crippen molar-refractivity contribution in [2.24, 2.45) is 10.9 Å². The van der Waals surface area contributed by atoms with Gasteiger partial charge in [-0.3, -0.25) is 4.99 Å². The lowest BCUT2D eigenvalue weighted by atomic mass is 10.1. The normalized spacial score (nSPS) is 15.9. The zero-order valence-electron chi connectivity index (χ0n) is 18.4. The summed E-state index contributed by atoms with van der Waals surface area (Å²) in [5.74, 6) is 3.02. The first-order valence-corrected chi connectivity index (χ1v) is 10.7. The Bertz CT molecular complexity index is 810. The van der Waals surface area contributed by atoms with Gasteiger partial charge in [-0.15, -0.1) is 24.0 Å². The van der Waals surface area contributed by atoms with E-state index >= 15 is 0 Å². The van der Waals surface area contributed by atoms with Crippen LogP contribution in [0.1, 0.15) is 24.0 Å². The zero-order chi connectivity index (χ0) is 21.0. The third-order valence-electron chi connectivity index (χ3n) is 5.00. The third-order valence-corrected chi connectivity index (χ3v) is 5.00. The first-order valence-electron chi connectivity index (χ1n) is 10.7. The van der Waals surface area contributed by atoms with E-state index in [4.69, 9.17) is 14.2 Å². The van der Waals surface area contributed by atoms with E-state index in [2.05, 4.69) is 34.7 Å². The number of rotatable bonds is 10. The lowest BCUT2D eigenvalue weighted by Crippen LogP contribution is -2.37. The van der Waals surface area contributed by atoms with Crippen molar-refractivity contribution in [3.05, 3.63) is 59.7 Å². The van der Waals surface area contributed by atoms with Crippen LogP contribution in [0.25, 0.3) is 0 Å². The van der Waals surface area contributed by atoms with Gasteiger partial charge in [0, 0.05) is 44.8 Å². The number of ether oxygens (including phenoxy) is 3. The van der Waals surface area contributed by atoms with Gasteiger partial charge in [0.2, 0.25) is 0 Å². The molecule has 0 aliphatic carbocycles. The number of halogens is 1. The van der Waals surface area contributed by atoms with E-state index in [0.29, 0.717) is 12.5 Å². The maximum Gasteiger partial charge on any atom is 0.191 e. The molecule has 1 saturated heterocycles. The summed E-state index contributed by atoms with van der Waals surface area (Å²) >= 11 is 0. The van der Waals surface area contributed by atoms with Crippen LogP contribution in [-0.2, 0) is 16.0 Å². The van der Waals surface area contributed by atoms with Gasteiger partial charge in [-0.2, -0.15) is 0 Å². The van der Waals surface area contributed by atoms with Gasteiger partial charge in [0.1, 0.15) is 11.5 Å². The van der Waals surface area contributed by atoms with Gasteiger partial charge in [-0.1, -0.05) is 30.3 Å². The minimum atomic E-state index is 0. The second-order valence-electron chi connectivity index (χ2n) is 7.54. The molecule has 1 heterocycles. The highest BCUT2D eigenvalue weighted by molar-refractivity contribution is 14.0. The van der Waals surface area contributed by atoms with Gasteiger partial charge in [-0.05, 0) is 43.5 Å². The van der Waals surface area contributed by atoms with E-state index in [0.717, 1.165) is 68.8 Å². The highest BCUT2D eigenvalue weighted by Crippen LogP contribution is 2.25. The summed E-state index contributed by atoms with van der Waals surface area (Å²) in [6, 6.07) is 16.1. The van der Waals surface area contributed by atoms with E-state index in [1.165, 1.54) is 5.56 Å². The van der Waals surface area contributed by atoms with Crippen LogP contribution in [0.5, 0.6) is 11.5 Å². The number of hydrogen-bond acceptors (Lipinski definition) is 4. The minimum Gasteiger partial charge on any atom is -0.457 e. The first kappa shape index (κ1) is 25.4. The summed E-state index contributed by atoms with van der Waals surface area (Å²) in [5, 5.41) is 6.70. The Morgan fingerprint density at radius 1 is 1.16 bits per heavy atom. The van der Waals surface area contributed by atoms with Crippen molar-refractivity contribution in [2.75, 3.05) is 40.0 Å². The van der Waals surface area contributed by atoms with Crippen LogP contribution in [0, 0.1) is 12.8 Å². The minimum absolute atomic E-state index is 0. The monoisotopic (exact) mass is 539 g/mol. The van der Waals surface area contributed by atoms with Crippen LogP contribution in [0.2, 0.25) is 0 Å². The maximum atomic E-state index is 6.10. The molecule has 3 rings (SSSR count). The third kappa shape index (κ3) is 9.04. The number of aryl methyl sites for hydroxylation is 1. The molecule has 2 aromatic carbocycles. The maximum absolute atomic E-state index is 6.10. The fraction of sp³-hybridized carbons (Fsp3) is 0.458. The molecule has 1 fully saturated rings. The number of aliphatic imine (C=N–C) groups is 1. The predicted octanol–water partition coefficient (Wildman–Crippen LogP) is 4.51. The molecule has 0 bridgehead atoms. The lowest BCUT2D eigenvalue weighted by Gasteiger charge is -2.15. The Labute approximate surface area is 202 Å². The van der Waals surface area contributed by atoms with E-state index in [-0.39, 0.29) is 24.0 Å². The Hall–Kier alpha value is -1.84. The average Bonchev–Trinajstić information content (AvgIpc) is 3.27. The summed E-state index contributed by atoms with van der Waals surface area (Å²) in [5.41, 5.74) is 2.25. The molecular formula is C24H34IN3O3. The van der Waals surface area contributed by atoms with Crippen LogP contribution in [0.3, 0.4) is 0 Å². The van der Waals surface area contributed by atoms with Crippen LogP contribution in [0.4, 0.5) is 0 Å². The van der Waals surface area contributed by atoms with Gasteiger partial charge < -0.3 is 24.8 Å². The van der Waals surface area contributed by atoms with Crippen molar-refractivity contribution in [3.8, 4) is 11.5 Å². The molecule has 0 saturated carbocycles. The molecule has 1 unspecified atom stereocenters. The Balaban J connectivity index is 0.00000341. The van der Waals surface area contributed by atoms with Crippen molar-refractivity contribution in [1.82, 2.24) is 10.6 Å². The molecule has 0 amide bonds. The highest BCUT2D eigenvalue weighted by Gasteiger charge is 2.15. The van der Waals surface area contributed by atoms with Crippen molar-refractivity contribution in [1.29, 1.82) is 0 Å². The molecule has 1 atom stereocenters. The summed E-state index contributed by atoms with van der Waals surface area (Å²) < 4.78 is 17.2. The number of benzene rings is 2. The van der Waals surface area contributed by atoms with Crippen molar-refractivity contribution < 1.29 is 14.2 Å². The number of guanidine groups is 1. The molecule has 7 heteroatoms. The van der Waals surface area contributed by atoms with Gasteiger partial charge >= 0.3 is 0 Å². The number of hydrogen-bond donors (Lipinski definition) is 2. The molecule has 2 N–H and O–H groups in total. The summed E-state index contributed by atoms with van der Waals surface area (Å²) in [4.78, 5) is 4.31. The predicted molar refractivity (Wildman–Crippen MR) is 136 cm³/mol. The molecule has 2 aromatic rings. The Morgan fingerprint density at radius 3 is 2.81 bits per heavy atom. The average molecular weight is 539 g/mol. The number of nitrogens with one attached hydrogen (secondary N) is 2. The highest BCUT2D eigenvalue weighted by atomic mass is 127. The molecule has 31 heavy (non-hydrogen) atoms. The molecule has 1 aliphatic heterocycles. The quantitative estimate of drug-likeness (QED) is 0.201. The van der Waals surface area contributed by atoms with E-state index in [1.807, 2.05) is 36.4 Å². The molecule has 1 aliphatic rings. The van der Waals surface area contributed by atoms with Crippen LogP contribution >= 0.6 is 24.0 Å². The van der Waals surface area contributed by atoms with E-state index in [9.17, 15) is 0 Å². The van der Waals surface area contributed by atoms with Gasteiger partial charge in [0.25, 0.3) is 0 Å². The van der Waals surface area contributed by atoms with Crippen LogP contribution < -0.4 is 15.4 Å². The SMILES string of the molecule is CN=C(NCCCOCC1CCOC1)NCc1ccccc1Oc1cccc(C)c1.I. The number of nitrogens with zero attached hydrogens (tertiary/aromatic N) is 1. The lowest BCUT2D eigenvalue weighted by molar-refractivity contribution is 0.0888. The van der Waals surface area contributed by atoms with Crippen molar-refractivity contribution >= 4 is 29.9 Å². The van der Waals surface area contributed by atoms with Crippen LogP contribution in [0.15, 0.2) is 53.5 Å². The first-order chi connectivity index (χ1) is 14.7. The second kappa shape index (κ2) is 14.3. The fourth-order valence-electron chi connectivity index (χ4n) is 3.30. The van der Waals surface area contributed by atoms with Crippen molar-refractivity contribution in [2.45, 2.75) is 26.3 Å². The van der Waals surface area contributed by atoms with E-state index in [1.54, 1.807) is 7.05 Å². The van der Waals surface area contributed by atoms with Crippen LogP contribution in [-0.4, -0.2) is 46.0 Å². The van der Waals surface area contributed by atoms with Gasteiger partial charge in [0.15, 0.2) is 5.96 Å². The largest absolute Gasteiger partial charge is 0.457 e. The summed E-state index contributed by atoms with van der Waals surface area (Å²) in [6.07, 6.45) is 2.05. The molecule has 170 valence electrons. The van der Waals surface area contributed by atoms with E-state index < -0.39 is 0 Å².